The predicted octanol–water partition coefficient (Wildman–Crippen LogP) is -0.926. The number of nitrogen functional groups attached to an aromatic ring is 2. The van der Waals surface area contributed by atoms with Crippen LogP contribution in [0.3, 0.4) is 0 Å². The topological polar surface area (TPSA) is 390 Å². The Morgan fingerprint density at radius 1 is 0.591 bits per heavy atom. The van der Waals surface area contributed by atoms with E-state index in [4.69, 9.17) is 58.0 Å². The van der Waals surface area contributed by atoms with Gasteiger partial charge >= 0.3 is 15.6 Å². The van der Waals surface area contributed by atoms with Crippen LogP contribution < -0.4 is 11.5 Å². The monoisotopic (exact) mass is 966 g/mol. The number of rotatable bonds is 17. The zero-order chi connectivity index (χ0) is 46.7. The highest BCUT2D eigenvalue weighted by Gasteiger charge is 2.54. The van der Waals surface area contributed by atoms with Crippen LogP contribution in [0, 0.1) is 6.92 Å². The summed E-state index contributed by atoms with van der Waals surface area (Å²) in [6, 6.07) is 0. The molecule has 0 saturated carbocycles. The molecule has 0 radical (unpaired) electrons. The number of phosphoric acid groups is 2. The van der Waals surface area contributed by atoms with Gasteiger partial charge in [-0.15, -0.1) is 0 Å². The van der Waals surface area contributed by atoms with Crippen LogP contribution in [0.25, 0.3) is 33.5 Å². The second-order valence-corrected chi connectivity index (χ2v) is 17.9. The number of aliphatic hydroxyl groups excluding tert-OH is 2. The van der Waals surface area contributed by atoms with E-state index in [9.17, 15) is 29.1 Å². The number of aliphatic hydroxyl groups is 2. The van der Waals surface area contributed by atoms with E-state index in [1.54, 1.807) is 11.5 Å². The maximum absolute atomic E-state index is 13.9. The van der Waals surface area contributed by atoms with Gasteiger partial charge in [0.1, 0.15) is 90.5 Å². The van der Waals surface area contributed by atoms with Crippen LogP contribution in [0.2, 0.25) is 0 Å². The van der Waals surface area contributed by atoms with E-state index in [-0.39, 0.29) is 34.0 Å². The molecule has 6 aromatic rings. The summed E-state index contributed by atoms with van der Waals surface area (Å²) in [7, 11) is -6.44. The maximum atomic E-state index is 13.9. The Labute approximate surface area is 371 Å². The van der Waals surface area contributed by atoms with Crippen molar-refractivity contribution < 1.29 is 75.6 Å². The minimum atomic E-state index is -5.17. The number of nitrogens with zero attached hydrogens (tertiary/aromatic N) is 12. The fourth-order valence-electron chi connectivity index (χ4n) is 8.25. The third-order valence-corrected chi connectivity index (χ3v) is 13.3. The van der Waals surface area contributed by atoms with Crippen LogP contribution in [0.1, 0.15) is 24.4 Å². The maximum Gasteiger partial charge on any atom is 0.472 e. The molecule has 0 amide bonds. The van der Waals surface area contributed by atoms with Crippen LogP contribution in [-0.4, -0.2) is 175 Å². The molecule has 3 fully saturated rings. The summed E-state index contributed by atoms with van der Waals surface area (Å²) >= 11 is 0. The van der Waals surface area contributed by atoms with Crippen molar-refractivity contribution in [3.8, 4) is 0 Å². The Bertz CT molecular complexity index is 2800. The van der Waals surface area contributed by atoms with Gasteiger partial charge in [0.05, 0.1) is 44.5 Å². The summed E-state index contributed by atoms with van der Waals surface area (Å²) in [5.41, 5.74) is 14.2. The van der Waals surface area contributed by atoms with Gasteiger partial charge in [0.25, 0.3) is 0 Å². The molecule has 9 heterocycles. The van der Waals surface area contributed by atoms with Gasteiger partial charge in [-0.2, -0.15) is 0 Å². The SMILES string of the molecule is COC1C(CO)OC(n2cnc3c(N)ncnc32)C1OP(=O)(O)OCC1OC(n2cnc3c(N)ncnc32)C(OP(=O)(O)OCC2OC(n3cnc4c(C)ncnc43)C(OC)C2O)C1OC. The number of aromatic nitrogens is 12. The lowest BCUT2D eigenvalue weighted by Crippen LogP contribution is -2.38. The van der Waals surface area contributed by atoms with Crippen molar-refractivity contribution in [3.05, 3.63) is 43.7 Å². The molecule has 3 aliphatic rings. The molecule has 3 saturated heterocycles. The summed E-state index contributed by atoms with van der Waals surface area (Å²) < 4.78 is 89.5. The normalized spacial score (nSPS) is 31.0. The molecule has 6 aromatic heterocycles. The molecule has 30 nitrogen and oxygen atoms in total. The molecule has 66 heavy (non-hydrogen) atoms. The number of phosphoric ester groups is 2. The minimum Gasteiger partial charge on any atom is -0.394 e. The number of ether oxygens (including phenoxy) is 6. The van der Waals surface area contributed by atoms with Crippen LogP contribution in [0.5, 0.6) is 0 Å². The van der Waals surface area contributed by atoms with Crippen LogP contribution in [0.15, 0.2) is 38.0 Å². The van der Waals surface area contributed by atoms with Gasteiger partial charge in [-0.05, 0) is 6.92 Å². The second-order valence-electron chi connectivity index (χ2n) is 15.1. The quantitative estimate of drug-likeness (QED) is 0.0602. The van der Waals surface area contributed by atoms with Crippen molar-refractivity contribution in [1.29, 1.82) is 0 Å². The lowest BCUT2D eigenvalue weighted by molar-refractivity contribution is -0.0661. The molecule has 9 rings (SSSR count). The molecular formula is C34H44N14O16P2. The molecule has 3 aliphatic heterocycles. The fourth-order valence-corrected chi connectivity index (χ4v) is 10.1. The van der Waals surface area contributed by atoms with E-state index in [0.717, 1.165) is 6.33 Å². The first kappa shape index (κ1) is 46.3. The molecule has 32 heteroatoms. The smallest absolute Gasteiger partial charge is 0.394 e. The number of nitrogens with two attached hydrogens (primary N) is 2. The van der Waals surface area contributed by atoms with Crippen LogP contribution in [-0.2, 0) is 55.6 Å². The van der Waals surface area contributed by atoms with Gasteiger partial charge in [-0.3, -0.25) is 31.8 Å². The lowest BCUT2D eigenvalue weighted by atomic mass is 10.1. The highest BCUT2D eigenvalue weighted by molar-refractivity contribution is 7.47. The number of hydrogen-bond donors (Lipinski definition) is 6. The van der Waals surface area contributed by atoms with Crippen molar-refractivity contribution in [2.24, 2.45) is 0 Å². The molecule has 14 unspecified atom stereocenters. The zero-order valence-corrected chi connectivity index (χ0v) is 36.9. The van der Waals surface area contributed by atoms with E-state index < -0.39 is 109 Å². The van der Waals surface area contributed by atoms with Crippen molar-refractivity contribution in [2.45, 2.75) is 80.5 Å². The average Bonchev–Trinajstić information content (AvgIpc) is 4.15. The number of anilines is 2. The summed E-state index contributed by atoms with van der Waals surface area (Å²) in [5.74, 6) is 0.0651. The Kier molecular flexibility index (Phi) is 12.8. The number of fused-ring (bicyclic) bond motifs is 3. The Balaban J connectivity index is 0.938. The third-order valence-electron chi connectivity index (χ3n) is 11.3. The molecule has 0 bridgehead atoms. The number of aryl methyl sites for hydroxylation is 1. The lowest BCUT2D eigenvalue weighted by Gasteiger charge is -2.27. The average molecular weight is 967 g/mol. The van der Waals surface area contributed by atoms with E-state index >= 15 is 0 Å². The molecule has 8 N–H and O–H groups in total. The van der Waals surface area contributed by atoms with Crippen molar-refractivity contribution in [2.75, 3.05) is 52.6 Å². The van der Waals surface area contributed by atoms with Crippen LogP contribution in [0.4, 0.5) is 11.6 Å². The van der Waals surface area contributed by atoms with E-state index in [2.05, 4.69) is 44.9 Å². The largest absolute Gasteiger partial charge is 0.472 e. The highest BCUT2D eigenvalue weighted by atomic mass is 31.2. The number of hydrogen-bond acceptors (Lipinski definition) is 25. The molecule has 356 valence electrons. The molecule has 14 atom stereocenters. The zero-order valence-electron chi connectivity index (χ0n) is 35.1. The van der Waals surface area contributed by atoms with Crippen LogP contribution >= 0.6 is 15.6 Å². The van der Waals surface area contributed by atoms with Crippen molar-refractivity contribution in [3.63, 3.8) is 0 Å². The summed E-state index contributed by atoms with van der Waals surface area (Å²) in [6.07, 6.45) is -7.37. The minimum absolute atomic E-state index is 0.00702. The Morgan fingerprint density at radius 2 is 1.00 bits per heavy atom. The molecule has 0 aromatic carbocycles. The first-order valence-electron chi connectivity index (χ1n) is 19.8. The Morgan fingerprint density at radius 3 is 1.50 bits per heavy atom. The standard InChI is InChI=1S/C34H44N14O16P2/c1-14-18-29(40-8-37-14)46(11-43-18)32-24(57-4)21(50)16(61-32)6-58-65(51,52)64-26-23(56-3)17(62-34(26)48-13-45-20-28(36)39-10-42-31(20)48)7-59-66(53,54)63-25-22(55-2)15(5-49)60-33(25)47-12-44-19-27(35)38-9-41-30(19)47/h8-13,15-17,21-26,32-34,49-50H,5-7H2,1-4H3,(H,51,52)(H,53,54)(H2,35,38,41)(H2,36,39,42). The predicted molar refractivity (Wildman–Crippen MR) is 218 cm³/mol. The van der Waals surface area contributed by atoms with Gasteiger partial charge < -0.3 is 59.9 Å². The van der Waals surface area contributed by atoms with E-state index in [1.165, 1.54) is 62.1 Å². The van der Waals surface area contributed by atoms with Crippen molar-refractivity contribution >= 4 is 60.8 Å². The molecule has 0 aliphatic carbocycles. The summed E-state index contributed by atoms with van der Waals surface area (Å²) in [5, 5.41) is 21.3. The third kappa shape index (κ3) is 8.42. The number of methoxy groups -OCH3 is 3. The molecular weight excluding hydrogens is 922 g/mol. The fraction of sp³-hybridized carbons (Fsp3) is 0.559. The van der Waals surface area contributed by atoms with E-state index in [0.29, 0.717) is 16.9 Å². The van der Waals surface area contributed by atoms with Gasteiger partial charge in [-0.25, -0.2) is 54.0 Å². The van der Waals surface area contributed by atoms with Gasteiger partial charge in [0.2, 0.25) is 0 Å². The summed E-state index contributed by atoms with van der Waals surface area (Å²) in [4.78, 5) is 60.1. The van der Waals surface area contributed by atoms with Gasteiger partial charge in [0.15, 0.2) is 47.3 Å². The number of imidazole rings is 3. The van der Waals surface area contributed by atoms with Gasteiger partial charge in [0, 0.05) is 21.3 Å². The summed E-state index contributed by atoms with van der Waals surface area (Å²) in [6.45, 7) is -0.252. The highest BCUT2D eigenvalue weighted by Crippen LogP contribution is 2.53. The first-order chi connectivity index (χ1) is 31.7. The molecule has 0 spiro atoms. The van der Waals surface area contributed by atoms with E-state index in [1.807, 2.05) is 0 Å². The Hall–Kier alpha value is -4.85. The first-order valence-corrected chi connectivity index (χ1v) is 22.8. The second kappa shape index (κ2) is 18.3. The van der Waals surface area contributed by atoms with Crippen molar-refractivity contribution in [1.82, 2.24) is 58.6 Å². The van der Waals surface area contributed by atoms with Gasteiger partial charge in [-0.1, -0.05) is 0 Å².